The third-order valence-electron chi connectivity index (χ3n) is 4.29. The van der Waals surface area contributed by atoms with Crippen molar-refractivity contribution in [3.8, 4) is 0 Å². The molecule has 3 nitrogen and oxygen atoms in total. The predicted octanol–water partition coefficient (Wildman–Crippen LogP) is 2.83. The first-order valence-corrected chi connectivity index (χ1v) is 6.78. The molecular formula is C13H22ClN3. The molecule has 0 bridgehead atoms. The van der Waals surface area contributed by atoms with Crippen LogP contribution in [0.3, 0.4) is 0 Å². The van der Waals surface area contributed by atoms with Gasteiger partial charge in [0.25, 0.3) is 0 Å². The first-order chi connectivity index (χ1) is 7.94. The third-order valence-corrected chi connectivity index (χ3v) is 4.76. The van der Waals surface area contributed by atoms with Gasteiger partial charge in [0.2, 0.25) is 0 Å². The number of aromatic nitrogens is 2. The Morgan fingerprint density at radius 1 is 1.53 bits per heavy atom. The highest BCUT2D eigenvalue weighted by Crippen LogP contribution is 2.36. The van der Waals surface area contributed by atoms with Crippen LogP contribution in [0.1, 0.15) is 43.9 Å². The summed E-state index contributed by atoms with van der Waals surface area (Å²) in [6.07, 6.45) is 5.72. The Bertz CT molecular complexity index is 413. The molecule has 2 unspecified atom stereocenters. The van der Waals surface area contributed by atoms with Gasteiger partial charge in [0, 0.05) is 18.2 Å². The van der Waals surface area contributed by atoms with E-state index in [1.165, 1.54) is 19.3 Å². The molecule has 1 aromatic rings. The maximum absolute atomic E-state index is 6.59. The zero-order chi connectivity index (χ0) is 12.6. The molecule has 1 saturated carbocycles. The molecule has 2 atom stereocenters. The summed E-state index contributed by atoms with van der Waals surface area (Å²) in [5.41, 5.74) is 8.63. The number of nitrogens with two attached hydrogens (primary N) is 1. The topological polar surface area (TPSA) is 43.8 Å². The molecule has 1 heterocycles. The molecule has 1 aromatic heterocycles. The summed E-state index contributed by atoms with van der Waals surface area (Å²) in [7, 11) is 1.88. The molecule has 2 N–H and O–H groups in total. The van der Waals surface area contributed by atoms with E-state index < -0.39 is 0 Å². The lowest BCUT2D eigenvalue weighted by Crippen LogP contribution is -2.50. The number of aryl methyl sites for hydroxylation is 2. The molecule has 0 aromatic carbocycles. The Labute approximate surface area is 108 Å². The maximum Gasteiger partial charge on any atom is 0.130 e. The summed E-state index contributed by atoms with van der Waals surface area (Å²) in [6.45, 7) is 4.27. The zero-order valence-electron chi connectivity index (χ0n) is 11.0. The average molecular weight is 256 g/mol. The van der Waals surface area contributed by atoms with Crippen LogP contribution in [0.2, 0.25) is 5.15 Å². The lowest BCUT2D eigenvalue weighted by Gasteiger charge is -2.39. The van der Waals surface area contributed by atoms with E-state index in [0.29, 0.717) is 5.92 Å². The lowest BCUT2D eigenvalue weighted by molar-refractivity contribution is 0.203. The van der Waals surface area contributed by atoms with Crippen molar-refractivity contribution in [1.29, 1.82) is 0 Å². The molecule has 4 heteroatoms. The van der Waals surface area contributed by atoms with E-state index in [9.17, 15) is 0 Å². The van der Waals surface area contributed by atoms with Crippen LogP contribution < -0.4 is 5.73 Å². The van der Waals surface area contributed by atoms with Crippen molar-refractivity contribution in [2.45, 2.75) is 51.5 Å². The average Bonchev–Trinajstić information content (AvgIpc) is 2.50. The van der Waals surface area contributed by atoms with Crippen molar-refractivity contribution in [3.05, 3.63) is 16.4 Å². The fourth-order valence-electron chi connectivity index (χ4n) is 2.90. The minimum absolute atomic E-state index is 0.102. The first-order valence-electron chi connectivity index (χ1n) is 6.41. The van der Waals surface area contributed by atoms with Crippen molar-refractivity contribution in [2.24, 2.45) is 18.7 Å². The van der Waals surface area contributed by atoms with Crippen LogP contribution in [0.4, 0.5) is 0 Å². The Morgan fingerprint density at radius 2 is 2.24 bits per heavy atom. The Morgan fingerprint density at radius 3 is 2.76 bits per heavy atom. The highest BCUT2D eigenvalue weighted by atomic mass is 35.5. The number of hydrogen-bond donors (Lipinski definition) is 1. The van der Waals surface area contributed by atoms with Crippen LogP contribution in [-0.4, -0.2) is 15.3 Å². The molecule has 0 saturated heterocycles. The van der Waals surface area contributed by atoms with Gasteiger partial charge in [0.1, 0.15) is 5.15 Å². The summed E-state index contributed by atoms with van der Waals surface area (Å²) in [4.78, 5) is 0. The van der Waals surface area contributed by atoms with Crippen LogP contribution in [0, 0.1) is 12.8 Å². The molecule has 2 rings (SSSR count). The van der Waals surface area contributed by atoms with Gasteiger partial charge in [-0.05, 0) is 32.1 Å². The molecule has 0 radical (unpaired) electrons. The third kappa shape index (κ3) is 2.36. The van der Waals surface area contributed by atoms with E-state index in [1.807, 2.05) is 14.0 Å². The fourth-order valence-corrected chi connectivity index (χ4v) is 3.15. The van der Waals surface area contributed by atoms with Crippen molar-refractivity contribution in [1.82, 2.24) is 9.78 Å². The summed E-state index contributed by atoms with van der Waals surface area (Å²) < 4.78 is 1.74. The van der Waals surface area contributed by atoms with Crippen LogP contribution in [0.25, 0.3) is 0 Å². The molecule has 0 amide bonds. The van der Waals surface area contributed by atoms with Gasteiger partial charge >= 0.3 is 0 Å². The minimum Gasteiger partial charge on any atom is -0.325 e. The van der Waals surface area contributed by atoms with E-state index in [0.717, 1.165) is 29.3 Å². The van der Waals surface area contributed by atoms with E-state index in [-0.39, 0.29) is 5.54 Å². The standard InChI is InChI=1S/C13H22ClN3/c1-9-6-4-5-7-13(9,15)8-11-10(2)16-17(3)12(11)14/h9H,4-8,15H2,1-3H3. The summed E-state index contributed by atoms with van der Waals surface area (Å²) in [5.74, 6) is 0.562. The molecule has 1 aliphatic rings. The van der Waals surface area contributed by atoms with Gasteiger partial charge in [-0.1, -0.05) is 31.4 Å². The van der Waals surface area contributed by atoms with Crippen LogP contribution >= 0.6 is 11.6 Å². The van der Waals surface area contributed by atoms with Gasteiger partial charge < -0.3 is 5.73 Å². The number of hydrogen-bond acceptors (Lipinski definition) is 2. The molecule has 0 spiro atoms. The van der Waals surface area contributed by atoms with E-state index >= 15 is 0 Å². The predicted molar refractivity (Wildman–Crippen MR) is 71.2 cm³/mol. The Kier molecular flexibility index (Phi) is 3.50. The smallest absolute Gasteiger partial charge is 0.130 e. The van der Waals surface area contributed by atoms with Gasteiger partial charge in [0.15, 0.2) is 0 Å². The number of halogens is 1. The van der Waals surface area contributed by atoms with Crippen molar-refractivity contribution in [3.63, 3.8) is 0 Å². The lowest BCUT2D eigenvalue weighted by atomic mass is 9.71. The van der Waals surface area contributed by atoms with Crippen LogP contribution in [-0.2, 0) is 13.5 Å². The highest BCUT2D eigenvalue weighted by molar-refractivity contribution is 6.30. The van der Waals surface area contributed by atoms with E-state index in [4.69, 9.17) is 17.3 Å². The van der Waals surface area contributed by atoms with Gasteiger partial charge in [-0.3, -0.25) is 4.68 Å². The largest absolute Gasteiger partial charge is 0.325 e. The first kappa shape index (κ1) is 12.9. The molecule has 1 aliphatic carbocycles. The second-order valence-electron chi connectivity index (χ2n) is 5.54. The van der Waals surface area contributed by atoms with E-state index in [2.05, 4.69) is 12.0 Å². The Balaban J connectivity index is 2.24. The second kappa shape index (κ2) is 4.62. The second-order valence-corrected chi connectivity index (χ2v) is 5.89. The molecule has 1 fully saturated rings. The van der Waals surface area contributed by atoms with Gasteiger partial charge in [-0.2, -0.15) is 5.10 Å². The summed E-state index contributed by atoms with van der Waals surface area (Å²) in [5, 5.41) is 5.10. The Hall–Kier alpha value is -0.540. The van der Waals surface area contributed by atoms with Gasteiger partial charge in [-0.15, -0.1) is 0 Å². The van der Waals surface area contributed by atoms with Gasteiger partial charge in [0.05, 0.1) is 5.69 Å². The SMILES string of the molecule is Cc1nn(C)c(Cl)c1CC1(N)CCCCC1C. The summed E-state index contributed by atoms with van der Waals surface area (Å²) in [6, 6.07) is 0. The van der Waals surface area contributed by atoms with E-state index in [1.54, 1.807) is 4.68 Å². The maximum atomic E-state index is 6.59. The molecular weight excluding hydrogens is 234 g/mol. The van der Waals surface area contributed by atoms with Crippen LogP contribution in [0.15, 0.2) is 0 Å². The van der Waals surface area contributed by atoms with Crippen molar-refractivity contribution < 1.29 is 0 Å². The zero-order valence-corrected chi connectivity index (χ0v) is 11.7. The van der Waals surface area contributed by atoms with Crippen LogP contribution in [0.5, 0.6) is 0 Å². The minimum atomic E-state index is -0.102. The van der Waals surface area contributed by atoms with Crippen molar-refractivity contribution >= 4 is 11.6 Å². The quantitative estimate of drug-likeness (QED) is 0.883. The number of rotatable bonds is 2. The molecule has 96 valence electrons. The summed E-state index contributed by atoms with van der Waals surface area (Å²) >= 11 is 6.29. The molecule has 0 aliphatic heterocycles. The normalized spacial score (nSPS) is 29.6. The highest BCUT2D eigenvalue weighted by Gasteiger charge is 2.35. The van der Waals surface area contributed by atoms with Crippen molar-refractivity contribution in [2.75, 3.05) is 0 Å². The van der Waals surface area contributed by atoms with Gasteiger partial charge in [-0.25, -0.2) is 0 Å². The number of nitrogens with zero attached hydrogens (tertiary/aromatic N) is 2. The molecule has 17 heavy (non-hydrogen) atoms. The monoisotopic (exact) mass is 255 g/mol. The fraction of sp³-hybridized carbons (Fsp3) is 0.769.